The molecule has 0 heterocycles. The van der Waals surface area contributed by atoms with Gasteiger partial charge in [-0.25, -0.2) is 0 Å². The van der Waals surface area contributed by atoms with Crippen LogP contribution in [0.4, 0.5) is 0 Å². The summed E-state index contributed by atoms with van der Waals surface area (Å²) in [4.78, 5) is 20.1. The third-order valence-electron chi connectivity index (χ3n) is 2.28. The van der Waals surface area contributed by atoms with Crippen LogP contribution >= 0.6 is 0 Å². The number of carbonyl (C=O) groups excluding carboxylic acids is 2. The van der Waals surface area contributed by atoms with Crippen molar-refractivity contribution in [1.29, 1.82) is 0 Å². The van der Waals surface area contributed by atoms with Crippen molar-refractivity contribution < 1.29 is 19.1 Å². The van der Waals surface area contributed by atoms with Gasteiger partial charge in [-0.05, 0) is 19.3 Å². The molecular weight excluding hydrogens is 222 g/mol. The minimum atomic E-state index is -0.00674. The van der Waals surface area contributed by atoms with Crippen molar-refractivity contribution in [1.82, 2.24) is 0 Å². The van der Waals surface area contributed by atoms with Gasteiger partial charge in [-0.2, -0.15) is 0 Å². The Labute approximate surface area is 103 Å². The number of carbonyl (C=O) groups is 2. The van der Waals surface area contributed by atoms with Crippen LogP contribution in [-0.4, -0.2) is 45.0 Å². The van der Waals surface area contributed by atoms with Gasteiger partial charge in [0.1, 0.15) is 12.6 Å². The van der Waals surface area contributed by atoms with Crippen molar-refractivity contribution in [3.63, 3.8) is 0 Å². The van der Waals surface area contributed by atoms with Crippen LogP contribution in [0.2, 0.25) is 0 Å². The molecule has 0 saturated carbocycles. The van der Waals surface area contributed by atoms with Gasteiger partial charge in [-0.3, -0.25) is 0 Å². The second-order valence-corrected chi connectivity index (χ2v) is 3.75. The molecule has 0 aromatic rings. The molecule has 0 amide bonds. The molecule has 0 rings (SSSR count). The third kappa shape index (κ3) is 11.5. The summed E-state index contributed by atoms with van der Waals surface area (Å²) >= 11 is 0. The van der Waals surface area contributed by atoms with Crippen LogP contribution < -0.4 is 5.73 Å². The second-order valence-electron chi connectivity index (χ2n) is 3.75. The first-order valence-corrected chi connectivity index (χ1v) is 6.11. The minimum Gasteiger partial charge on any atom is -0.381 e. The molecule has 0 aliphatic heterocycles. The zero-order valence-electron chi connectivity index (χ0n) is 10.3. The first-order chi connectivity index (χ1) is 8.35. The molecule has 17 heavy (non-hydrogen) atoms. The van der Waals surface area contributed by atoms with E-state index < -0.39 is 0 Å². The summed E-state index contributed by atoms with van der Waals surface area (Å²) in [5.41, 5.74) is 5.55. The van der Waals surface area contributed by atoms with Crippen molar-refractivity contribution in [3.8, 4) is 0 Å². The van der Waals surface area contributed by atoms with Crippen molar-refractivity contribution in [2.75, 3.05) is 26.4 Å². The Hall–Kier alpha value is -0.780. The molecule has 1 atom stereocenters. The van der Waals surface area contributed by atoms with E-state index in [9.17, 15) is 9.59 Å². The topological polar surface area (TPSA) is 78.6 Å². The summed E-state index contributed by atoms with van der Waals surface area (Å²) in [7, 11) is 0. The summed E-state index contributed by atoms with van der Waals surface area (Å²) < 4.78 is 10.8. The lowest BCUT2D eigenvalue weighted by Gasteiger charge is -2.15. The van der Waals surface area contributed by atoms with Crippen molar-refractivity contribution >= 4 is 12.6 Å². The zero-order valence-corrected chi connectivity index (χ0v) is 10.3. The Kier molecular flexibility index (Phi) is 12.7. The van der Waals surface area contributed by atoms with E-state index in [0.717, 1.165) is 31.8 Å². The molecule has 2 N–H and O–H groups in total. The van der Waals surface area contributed by atoms with Gasteiger partial charge < -0.3 is 24.8 Å². The highest BCUT2D eigenvalue weighted by Crippen LogP contribution is 2.00. The standard InChI is InChI=1S/C12H23NO4/c13-11-12(17-9-4-2-7-15)5-10-16-8-3-1-6-14/h6-7,12H,1-5,8-11,13H2. The average Bonchev–Trinajstić information content (AvgIpc) is 2.36. The van der Waals surface area contributed by atoms with E-state index in [0.29, 0.717) is 39.2 Å². The Morgan fingerprint density at radius 3 is 2.24 bits per heavy atom. The average molecular weight is 245 g/mol. The molecule has 0 saturated heterocycles. The maximum Gasteiger partial charge on any atom is 0.120 e. The molecule has 0 fully saturated rings. The Morgan fingerprint density at radius 1 is 1.00 bits per heavy atom. The fourth-order valence-electron chi connectivity index (χ4n) is 1.27. The van der Waals surface area contributed by atoms with Crippen LogP contribution in [0.15, 0.2) is 0 Å². The lowest BCUT2D eigenvalue weighted by Crippen LogP contribution is -2.26. The predicted octanol–water partition coefficient (Wildman–Crippen LogP) is 0.695. The van der Waals surface area contributed by atoms with Crippen LogP contribution in [0, 0.1) is 0 Å². The number of hydrogen-bond acceptors (Lipinski definition) is 5. The first-order valence-electron chi connectivity index (χ1n) is 6.11. The van der Waals surface area contributed by atoms with Gasteiger partial charge in [0.15, 0.2) is 0 Å². The summed E-state index contributed by atoms with van der Waals surface area (Å²) in [5, 5.41) is 0. The lowest BCUT2D eigenvalue weighted by molar-refractivity contribution is -0.108. The highest BCUT2D eigenvalue weighted by molar-refractivity contribution is 5.49. The van der Waals surface area contributed by atoms with Crippen molar-refractivity contribution in [2.24, 2.45) is 5.73 Å². The van der Waals surface area contributed by atoms with Gasteiger partial charge in [0.05, 0.1) is 6.10 Å². The van der Waals surface area contributed by atoms with E-state index in [1.54, 1.807) is 0 Å². The maximum absolute atomic E-state index is 10.1. The predicted molar refractivity (Wildman–Crippen MR) is 64.8 cm³/mol. The molecule has 5 nitrogen and oxygen atoms in total. The molecule has 1 unspecified atom stereocenters. The fourth-order valence-corrected chi connectivity index (χ4v) is 1.27. The van der Waals surface area contributed by atoms with E-state index in [1.165, 1.54) is 0 Å². The van der Waals surface area contributed by atoms with Crippen LogP contribution in [0.25, 0.3) is 0 Å². The normalized spacial score (nSPS) is 12.3. The molecule has 0 radical (unpaired) electrons. The van der Waals surface area contributed by atoms with Gasteiger partial charge in [0.25, 0.3) is 0 Å². The van der Waals surface area contributed by atoms with Gasteiger partial charge in [-0.1, -0.05) is 0 Å². The highest BCUT2D eigenvalue weighted by Gasteiger charge is 2.06. The zero-order chi connectivity index (χ0) is 12.8. The van der Waals surface area contributed by atoms with Gasteiger partial charge in [0, 0.05) is 39.2 Å². The van der Waals surface area contributed by atoms with Crippen LogP contribution in [0.5, 0.6) is 0 Å². The second kappa shape index (κ2) is 13.3. The lowest BCUT2D eigenvalue weighted by atomic mass is 10.2. The molecule has 0 spiro atoms. The molecule has 0 aromatic carbocycles. The Balaban J connectivity index is 3.34. The fraction of sp³-hybridized carbons (Fsp3) is 0.833. The summed E-state index contributed by atoms with van der Waals surface area (Å²) in [6.07, 6.45) is 5.09. The van der Waals surface area contributed by atoms with E-state index in [1.807, 2.05) is 0 Å². The molecule has 100 valence electrons. The van der Waals surface area contributed by atoms with Gasteiger partial charge >= 0.3 is 0 Å². The third-order valence-corrected chi connectivity index (χ3v) is 2.28. The number of unbranched alkanes of at least 4 members (excludes halogenated alkanes) is 2. The van der Waals surface area contributed by atoms with E-state index >= 15 is 0 Å². The van der Waals surface area contributed by atoms with Gasteiger partial charge in [-0.15, -0.1) is 0 Å². The van der Waals surface area contributed by atoms with Crippen LogP contribution in [0.1, 0.15) is 32.1 Å². The number of hydrogen-bond donors (Lipinski definition) is 1. The molecule has 0 aliphatic rings. The highest BCUT2D eigenvalue weighted by atomic mass is 16.5. The van der Waals surface area contributed by atoms with E-state index in [4.69, 9.17) is 15.2 Å². The molecule has 0 aliphatic carbocycles. The van der Waals surface area contributed by atoms with Gasteiger partial charge in [0.2, 0.25) is 0 Å². The number of nitrogens with two attached hydrogens (primary N) is 1. The molecule has 0 aromatic heterocycles. The summed E-state index contributed by atoms with van der Waals surface area (Å²) in [5.74, 6) is 0. The number of rotatable bonds is 13. The summed E-state index contributed by atoms with van der Waals surface area (Å²) in [6.45, 7) is 2.21. The maximum atomic E-state index is 10.1. The Morgan fingerprint density at radius 2 is 1.65 bits per heavy atom. The van der Waals surface area contributed by atoms with E-state index in [2.05, 4.69) is 0 Å². The Bertz CT molecular complexity index is 187. The molecular formula is C12H23NO4. The first kappa shape index (κ1) is 16.2. The smallest absolute Gasteiger partial charge is 0.120 e. The minimum absolute atomic E-state index is 0.00674. The van der Waals surface area contributed by atoms with Crippen molar-refractivity contribution in [2.45, 2.75) is 38.2 Å². The monoisotopic (exact) mass is 245 g/mol. The van der Waals surface area contributed by atoms with E-state index in [-0.39, 0.29) is 6.10 Å². The van der Waals surface area contributed by atoms with Crippen LogP contribution in [0.3, 0.4) is 0 Å². The molecule has 5 heteroatoms. The summed E-state index contributed by atoms with van der Waals surface area (Å²) in [6, 6.07) is 0. The van der Waals surface area contributed by atoms with Crippen molar-refractivity contribution in [3.05, 3.63) is 0 Å². The molecule has 0 bridgehead atoms. The SMILES string of the molecule is NCC(CCOCCCC=O)OCCCC=O. The number of aldehydes is 2. The van der Waals surface area contributed by atoms with Crippen LogP contribution in [-0.2, 0) is 19.1 Å². The number of ether oxygens (including phenoxy) is 2. The quantitative estimate of drug-likeness (QED) is 0.381. The largest absolute Gasteiger partial charge is 0.381 e.